The molecule has 0 aromatic carbocycles. The van der Waals surface area contributed by atoms with Gasteiger partial charge < -0.3 is 17.3 Å². The third-order valence-electron chi connectivity index (χ3n) is 2.10. The maximum absolute atomic E-state index is 9.75. The minimum Gasteiger partial charge on any atom is -0.418 e. The van der Waals surface area contributed by atoms with Crippen molar-refractivity contribution in [2.75, 3.05) is 0 Å². The molecule has 0 atom stereocenters. The molecule has 0 fully saturated rings. The highest BCUT2D eigenvalue weighted by Crippen LogP contribution is 2.06. The van der Waals surface area contributed by atoms with Crippen LogP contribution in [0.1, 0.15) is 32.3 Å². The molecule has 0 saturated heterocycles. The maximum Gasteiger partial charge on any atom is 0.673 e. The Morgan fingerprint density at radius 1 is 1.18 bits per heavy atom. The lowest BCUT2D eigenvalue weighted by molar-refractivity contribution is -0.697. The van der Waals surface area contributed by atoms with E-state index in [1.165, 1.54) is 18.4 Å². The van der Waals surface area contributed by atoms with Gasteiger partial charge in [0.2, 0.25) is 0 Å². The van der Waals surface area contributed by atoms with E-state index in [0.717, 1.165) is 13.0 Å². The number of rotatable bonds is 4. The van der Waals surface area contributed by atoms with Gasteiger partial charge in [-0.2, -0.15) is 0 Å². The second kappa shape index (κ2) is 8.09. The van der Waals surface area contributed by atoms with Gasteiger partial charge in [0.15, 0.2) is 12.4 Å². The molecule has 0 N–H and O–H groups in total. The summed E-state index contributed by atoms with van der Waals surface area (Å²) in [6.07, 6.45) is 8.07. The van der Waals surface area contributed by atoms with Crippen LogP contribution in [-0.2, 0) is 13.0 Å². The molecular formula is C11H18BF4N. The van der Waals surface area contributed by atoms with E-state index in [1.54, 1.807) is 0 Å². The summed E-state index contributed by atoms with van der Waals surface area (Å²) in [7, 11) is -6.00. The molecule has 98 valence electrons. The van der Waals surface area contributed by atoms with Crippen LogP contribution < -0.4 is 4.57 Å². The third-order valence-corrected chi connectivity index (χ3v) is 2.10. The summed E-state index contributed by atoms with van der Waals surface area (Å²) in [4.78, 5) is 0. The van der Waals surface area contributed by atoms with E-state index in [9.17, 15) is 17.3 Å². The van der Waals surface area contributed by atoms with Gasteiger partial charge >= 0.3 is 7.25 Å². The SMILES string of the molecule is CCCC[n+]1cccc(CC)c1.F[B-](F)(F)F. The van der Waals surface area contributed by atoms with Gasteiger partial charge in [0, 0.05) is 18.1 Å². The van der Waals surface area contributed by atoms with Crippen molar-refractivity contribution in [1.82, 2.24) is 0 Å². The Labute approximate surface area is 99.6 Å². The highest BCUT2D eigenvalue weighted by atomic mass is 19.5. The number of hydrogen-bond acceptors (Lipinski definition) is 0. The molecule has 1 aromatic heterocycles. The van der Waals surface area contributed by atoms with E-state index < -0.39 is 7.25 Å². The summed E-state index contributed by atoms with van der Waals surface area (Å²) >= 11 is 0. The summed E-state index contributed by atoms with van der Waals surface area (Å²) in [5.74, 6) is 0. The monoisotopic (exact) mass is 251 g/mol. The van der Waals surface area contributed by atoms with Crippen LogP contribution in [0.25, 0.3) is 0 Å². The number of unbranched alkanes of at least 4 members (excludes halogenated alkanes) is 1. The van der Waals surface area contributed by atoms with E-state index >= 15 is 0 Å². The van der Waals surface area contributed by atoms with Crippen molar-refractivity contribution in [2.45, 2.75) is 39.7 Å². The van der Waals surface area contributed by atoms with Crippen LogP contribution in [0, 0.1) is 0 Å². The zero-order chi connectivity index (χ0) is 13.3. The highest BCUT2D eigenvalue weighted by molar-refractivity contribution is 6.50. The van der Waals surface area contributed by atoms with Crippen LogP contribution in [0.5, 0.6) is 0 Å². The van der Waals surface area contributed by atoms with Gasteiger partial charge in [-0.3, -0.25) is 0 Å². The van der Waals surface area contributed by atoms with Gasteiger partial charge in [-0.15, -0.1) is 0 Å². The number of halogens is 4. The first-order valence-electron chi connectivity index (χ1n) is 5.72. The van der Waals surface area contributed by atoms with Crippen molar-refractivity contribution >= 4 is 7.25 Å². The van der Waals surface area contributed by atoms with Crippen molar-refractivity contribution in [2.24, 2.45) is 0 Å². The molecule has 6 heteroatoms. The molecule has 1 rings (SSSR count). The molecule has 1 aromatic rings. The number of aryl methyl sites for hydroxylation is 2. The van der Waals surface area contributed by atoms with Crippen LogP contribution in [0.4, 0.5) is 17.3 Å². The highest BCUT2D eigenvalue weighted by Gasteiger charge is 2.20. The molecule has 1 nitrogen and oxygen atoms in total. The smallest absolute Gasteiger partial charge is 0.418 e. The summed E-state index contributed by atoms with van der Waals surface area (Å²) in [5.41, 5.74) is 1.42. The lowest BCUT2D eigenvalue weighted by atomic mass is 10.2. The van der Waals surface area contributed by atoms with Gasteiger partial charge in [0.05, 0.1) is 0 Å². The average Bonchev–Trinajstić information content (AvgIpc) is 2.24. The van der Waals surface area contributed by atoms with Crippen molar-refractivity contribution in [3.05, 3.63) is 30.1 Å². The van der Waals surface area contributed by atoms with Gasteiger partial charge in [-0.25, -0.2) is 4.57 Å². The second-order valence-corrected chi connectivity index (χ2v) is 3.65. The summed E-state index contributed by atoms with van der Waals surface area (Å²) in [6, 6.07) is 4.32. The first-order chi connectivity index (χ1) is 7.86. The van der Waals surface area contributed by atoms with Crippen LogP contribution >= 0.6 is 0 Å². The standard InChI is InChI=1S/C11H18N.BF4/c1-3-5-8-12-9-6-7-11(4-2)10-12;2-1(3,4)5/h6-7,9-10H,3-5,8H2,1-2H3;/q+1;-1. The number of aromatic nitrogens is 1. The van der Waals surface area contributed by atoms with Crippen LogP contribution in [0.2, 0.25) is 0 Å². The van der Waals surface area contributed by atoms with Gasteiger partial charge in [0.25, 0.3) is 0 Å². The molecule has 0 aliphatic carbocycles. The maximum atomic E-state index is 9.75. The number of pyridine rings is 1. The first-order valence-corrected chi connectivity index (χ1v) is 5.72. The Morgan fingerprint density at radius 2 is 1.76 bits per heavy atom. The molecule has 0 bridgehead atoms. The Bertz CT molecular complexity index is 309. The summed E-state index contributed by atoms with van der Waals surface area (Å²) in [6.45, 7) is 5.58. The molecule has 0 spiro atoms. The van der Waals surface area contributed by atoms with E-state index in [1.807, 2.05) is 0 Å². The Balaban J connectivity index is 0.000000437. The second-order valence-electron chi connectivity index (χ2n) is 3.65. The first kappa shape index (κ1) is 15.9. The lowest BCUT2D eigenvalue weighted by Gasteiger charge is -1.96. The Hall–Kier alpha value is -1.07. The molecule has 17 heavy (non-hydrogen) atoms. The summed E-state index contributed by atoms with van der Waals surface area (Å²) in [5, 5.41) is 0. The van der Waals surface area contributed by atoms with E-state index in [0.29, 0.717) is 0 Å². The average molecular weight is 251 g/mol. The number of nitrogens with zero attached hydrogens (tertiary/aromatic N) is 1. The van der Waals surface area contributed by atoms with Crippen LogP contribution in [0.3, 0.4) is 0 Å². The molecule has 1 heterocycles. The van der Waals surface area contributed by atoms with Crippen molar-refractivity contribution in [3.8, 4) is 0 Å². The molecule has 0 amide bonds. The Kier molecular flexibility index (Phi) is 7.58. The van der Waals surface area contributed by atoms with Gasteiger partial charge in [0.1, 0.15) is 6.54 Å². The zero-order valence-electron chi connectivity index (χ0n) is 10.2. The molecule has 0 aliphatic heterocycles. The van der Waals surface area contributed by atoms with Gasteiger partial charge in [-0.05, 0) is 12.5 Å². The minimum absolute atomic E-state index is 1.13. The molecule has 0 aliphatic rings. The Morgan fingerprint density at radius 3 is 2.24 bits per heavy atom. The molecule has 0 unspecified atom stereocenters. The van der Waals surface area contributed by atoms with Crippen LogP contribution in [0.15, 0.2) is 24.5 Å². The van der Waals surface area contributed by atoms with E-state index in [-0.39, 0.29) is 0 Å². The molecule has 0 radical (unpaired) electrons. The molecule has 0 saturated carbocycles. The number of hydrogen-bond donors (Lipinski definition) is 0. The van der Waals surface area contributed by atoms with Crippen molar-refractivity contribution in [1.29, 1.82) is 0 Å². The normalized spacial score (nSPS) is 10.7. The van der Waals surface area contributed by atoms with E-state index in [2.05, 4.69) is 42.9 Å². The predicted molar refractivity (Wildman–Crippen MR) is 61.1 cm³/mol. The minimum atomic E-state index is -6.00. The fourth-order valence-corrected chi connectivity index (χ4v) is 1.27. The molecular weight excluding hydrogens is 233 g/mol. The third kappa shape index (κ3) is 11.2. The summed E-state index contributed by atoms with van der Waals surface area (Å²) < 4.78 is 41.3. The van der Waals surface area contributed by atoms with Crippen molar-refractivity contribution < 1.29 is 21.8 Å². The fraction of sp³-hybridized carbons (Fsp3) is 0.545. The fourth-order valence-electron chi connectivity index (χ4n) is 1.27. The van der Waals surface area contributed by atoms with Crippen molar-refractivity contribution in [3.63, 3.8) is 0 Å². The van der Waals surface area contributed by atoms with Gasteiger partial charge in [-0.1, -0.05) is 20.3 Å². The largest absolute Gasteiger partial charge is 0.673 e. The zero-order valence-corrected chi connectivity index (χ0v) is 10.2. The lowest BCUT2D eigenvalue weighted by Crippen LogP contribution is -2.33. The van der Waals surface area contributed by atoms with E-state index in [4.69, 9.17) is 0 Å². The van der Waals surface area contributed by atoms with Crippen LogP contribution in [-0.4, -0.2) is 7.25 Å². The quantitative estimate of drug-likeness (QED) is 0.437. The topological polar surface area (TPSA) is 3.88 Å². The predicted octanol–water partition coefficient (Wildman–Crippen LogP) is 3.64.